The second-order valence-electron chi connectivity index (χ2n) is 3.04. The summed E-state index contributed by atoms with van der Waals surface area (Å²) in [7, 11) is 0. The highest BCUT2D eigenvalue weighted by atomic mass is 16.6. The first-order valence-electron chi connectivity index (χ1n) is 4.20. The summed E-state index contributed by atoms with van der Waals surface area (Å²) in [5.74, 6) is 0. The number of hydrogen-bond donors (Lipinski definition) is 0. The topological polar surface area (TPSA) is 84.0 Å². The van der Waals surface area contributed by atoms with E-state index >= 15 is 0 Å². The lowest BCUT2D eigenvalue weighted by atomic mass is 9.99. The van der Waals surface area contributed by atoms with Crippen LogP contribution in [0.4, 0.5) is 5.69 Å². The summed E-state index contributed by atoms with van der Waals surface area (Å²) in [5.41, 5.74) is 1.23. The van der Waals surface area contributed by atoms with Crippen LogP contribution in [0.25, 0.3) is 0 Å². The molecule has 0 amide bonds. The maximum Gasteiger partial charge on any atom is 0.270 e. The van der Waals surface area contributed by atoms with Crippen molar-refractivity contribution in [1.29, 1.82) is 5.26 Å². The normalized spacial score (nSPS) is 9.33. The van der Waals surface area contributed by atoms with E-state index in [1.54, 1.807) is 6.92 Å². The van der Waals surface area contributed by atoms with E-state index in [0.29, 0.717) is 17.4 Å². The van der Waals surface area contributed by atoms with Gasteiger partial charge in [-0.2, -0.15) is 5.26 Å². The van der Waals surface area contributed by atoms with Crippen LogP contribution in [0, 0.1) is 28.4 Å². The van der Waals surface area contributed by atoms with E-state index < -0.39 is 4.92 Å². The van der Waals surface area contributed by atoms with Crippen LogP contribution >= 0.6 is 0 Å². The molecule has 0 heterocycles. The summed E-state index contributed by atoms with van der Waals surface area (Å²) in [5, 5.41) is 19.1. The SMILES string of the molecule is Cc1cc([N+](=O)[O-])cc(C=O)c1CC#N. The van der Waals surface area contributed by atoms with E-state index in [4.69, 9.17) is 5.26 Å². The standard InChI is InChI=1S/C10H8N2O3/c1-7-4-9(12(14)15)5-8(6-13)10(7)2-3-11/h4-6H,2H2,1H3. The van der Waals surface area contributed by atoms with Crippen molar-refractivity contribution in [2.45, 2.75) is 13.3 Å². The van der Waals surface area contributed by atoms with Crippen LogP contribution in [0.5, 0.6) is 0 Å². The fourth-order valence-electron chi connectivity index (χ4n) is 1.36. The first-order chi connectivity index (χ1) is 7.10. The highest BCUT2D eigenvalue weighted by Crippen LogP contribution is 2.21. The number of rotatable bonds is 3. The van der Waals surface area contributed by atoms with Gasteiger partial charge in [-0.05, 0) is 18.1 Å². The summed E-state index contributed by atoms with van der Waals surface area (Å²) in [4.78, 5) is 20.7. The molecule has 0 fully saturated rings. The largest absolute Gasteiger partial charge is 0.298 e. The van der Waals surface area contributed by atoms with Crippen molar-refractivity contribution < 1.29 is 9.72 Å². The molecule has 0 bridgehead atoms. The Hall–Kier alpha value is -2.22. The molecule has 1 rings (SSSR count). The van der Waals surface area contributed by atoms with Gasteiger partial charge in [0.2, 0.25) is 0 Å². The molecule has 76 valence electrons. The highest BCUT2D eigenvalue weighted by molar-refractivity contribution is 5.79. The molecule has 0 spiro atoms. The molecule has 5 nitrogen and oxygen atoms in total. The van der Waals surface area contributed by atoms with E-state index in [2.05, 4.69) is 0 Å². The van der Waals surface area contributed by atoms with Crippen LogP contribution in [-0.4, -0.2) is 11.2 Å². The number of nitro groups is 1. The number of nitriles is 1. The molecule has 0 N–H and O–H groups in total. The number of carbonyl (C=O) groups is 1. The quantitative estimate of drug-likeness (QED) is 0.426. The predicted octanol–water partition coefficient (Wildman–Crippen LogP) is 1.78. The Morgan fingerprint density at radius 1 is 1.60 bits per heavy atom. The second kappa shape index (κ2) is 4.33. The highest BCUT2D eigenvalue weighted by Gasteiger charge is 2.13. The van der Waals surface area contributed by atoms with Gasteiger partial charge in [0, 0.05) is 17.7 Å². The number of aldehydes is 1. The molecule has 5 heteroatoms. The number of nitro benzene ring substituents is 1. The molecular formula is C10H8N2O3. The average molecular weight is 204 g/mol. The van der Waals surface area contributed by atoms with Gasteiger partial charge in [0.05, 0.1) is 17.4 Å². The first-order valence-corrected chi connectivity index (χ1v) is 4.20. The van der Waals surface area contributed by atoms with Crippen molar-refractivity contribution in [3.8, 4) is 6.07 Å². The monoisotopic (exact) mass is 204 g/mol. The third-order valence-corrected chi connectivity index (χ3v) is 2.09. The molecular weight excluding hydrogens is 196 g/mol. The van der Waals surface area contributed by atoms with Gasteiger partial charge in [0.1, 0.15) is 0 Å². The van der Waals surface area contributed by atoms with Crippen LogP contribution in [0.3, 0.4) is 0 Å². The number of carbonyl (C=O) groups excluding carboxylic acids is 1. The second-order valence-corrected chi connectivity index (χ2v) is 3.04. The summed E-state index contributed by atoms with van der Waals surface area (Å²) in [6, 6.07) is 4.47. The molecule has 15 heavy (non-hydrogen) atoms. The van der Waals surface area contributed by atoms with E-state index in [1.807, 2.05) is 6.07 Å². The number of non-ortho nitro benzene ring substituents is 1. The Morgan fingerprint density at radius 3 is 2.73 bits per heavy atom. The lowest BCUT2D eigenvalue weighted by Crippen LogP contribution is -1.98. The van der Waals surface area contributed by atoms with Gasteiger partial charge in [-0.25, -0.2) is 0 Å². The van der Waals surface area contributed by atoms with Gasteiger partial charge < -0.3 is 0 Å². The summed E-state index contributed by atoms with van der Waals surface area (Å²) in [6.45, 7) is 1.65. The summed E-state index contributed by atoms with van der Waals surface area (Å²) >= 11 is 0. The first kappa shape index (κ1) is 10.9. The number of nitrogens with zero attached hydrogens (tertiary/aromatic N) is 2. The molecule has 0 unspecified atom stereocenters. The van der Waals surface area contributed by atoms with Crippen molar-refractivity contribution in [3.63, 3.8) is 0 Å². The molecule has 0 aliphatic carbocycles. The molecule has 0 aromatic heterocycles. The van der Waals surface area contributed by atoms with Crippen molar-refractivity contribution >= 4 is 12.0 Å². The molecule has 0 atom stereocenters. The van der Waals surface area contributed by atoms with Gasteiger partial charge in [-0.1, -0.05) is 0 Å². The molecule has 0 aliphatic rings. The lowest BCUT2D eigenvalue weighted by Gasteiger charge is -2.04. The van der Waals surface area contributed by atoms with E-state index in [1.165, 1.54) is 12.1 Å². The molecule has 0 saturated heterocycles. The Morgan fingerprint density at radius 2 is 2.27 bits per heavy atom. The van der Waals surface area contributed by atoms with E-state index in [9.17, 15) is 14.9 Å². The Labute approximate surface area is 86.1 Å². The molecule has 0 radical (unpaired) electrons. The van der Waals surface area contributed by atoms with Crippen molar-refractivity contribution in [1.82, 2.24) is 0 Å². The van der Waals surface area contributed by atoms with Gasteiger partial charge >= 0.3 is 0 Å². The third kappa shape index (κ3) is 2.17. The minimum Gasteiger partial charge on any atom is -0.298 e. The number of aryl methyl sites for hydroxylation is 1. The summed E-state index contributed by atoms with van der Waals surface area (Å²) in [6.07, 6.45) is 0.616. The van der Waals surface area contributed by atoms with E-state index in [-0.39, 0.29) is 17.7 Å². The van der Waals surface area contributed by atoms with Crippen molar-refractivity contribution in [3.05, 3.63) is 38.9 Å². The molecule has 1 aromatic rings. The van der Waals surface area contributed by atoms with Gasteiger partial charge in [0.25, 0.3) is 5.69 Å². The molecule has 1 aromatic carbocycles. The fraction of sp³-hybridized carbons (Fsp3) is 0.200. The lowest BCUT2D eigenvalue weighted by molar-refractivity contribution is -0.384. The van der Waals surface area contributed by atoms with Crippen LogP contribution < -0.4 is 0 Å². The zero-order valence-electron chi connectivity index (χ0n) is 8.06. The average Bonchev–Trinajstić information content (AvgIpc) is 2.20. The third-order valence-electron chi connectivity index (χ3n) is 2.09. The molecule has 0 saturated carbocycles. The van der Waals surface area contributed by atoms with Crippen LogP contribution in [-0.2, 0) is 6.42 Å². The van der Waals surface area contributed by atoms with Gasteiger partial charge in [0.15, 0.2) is 6.29 Å². The smallest absolute Gasteiger partial charge is 0.270 e. The van der Waals surface area contributed by atoms with Crippen LogP contribution in [0.1, 0.15) is 21.5 Å². The van der Waals surface area contributed by atoms with Gasteiger partial charge in [-0.3, -0.25) is 14.9 Å². The molecule has 0 aliphatic heterocycles. The maximum atomic E-state index is 10.7. The van der Waals surface area contributed by atoms with Crippen molar-refractivity contribution in [2.75, 3.05) is 0 Å². The van der Waals surface area contributed by atoms with Crippen LogP contribution in [0.15, 0.2) is 12.1 Å². The minimum absolute atomic E-state index is 0.0813. The number of benzene rings is 1. The zero-order chi connectivity index (χ0) is 11.4. The number of hydrogen-bond acceptors (Lipinski definition) is 4. The fourth-order valence-corrected chi connectivity index (χ4v) is 1.36. The zero-order valence-corrected chi connectivity index (χ0v) is 8.06. The van der Waals surface area contributed by atoms with Gasteiger partial charge in [-0.15, -0.1) is 0 Å². The minimum atomic E-state index is -0.559. The Kier molecular flexibility index (Phi) is 3.13. The summed E-state index contributed by atoms with van der Waals surface area (Å²) < 4.78 is 0. The Balaban J connectivity index is 3.38. The maximum absolute atomic E-state index is 10.7. The predicted molar refractivity (Wildman–Crippen MR) is 52.5 cm³/mol. The van der Waals surface area contributed by atoms with Crippen LogP contribution in [0.2, 0.25) is 0 Å². The van der Waals surface area contributed by atoms with Crippen molar-refractivity contribution in [2.24, 2.45) is 0 Å². The Bertz CT molecular complexity index is 460. The van der Waals surface area contributed by atoms with E-state index in [0.717, 1.165) is 0 Å².